The number of fused-ring (bicyclic) bond motifs is 2. The van der Waals surface area contributed by atoms with Crippen LogP contribution in [-0.4, -0.2) is 36.7 Å². The lowest BCUT2D eigenvalue weighted by atomic mass is 9.65. The second-order valence-electron chi connectivity index (χ2n) is 11.2. The Hall–Kier alpha value is -1.23. The Bertz CT molecular complexity index is 756. The van der Waals surface area contributed by atoms with Crippen molar-refractivity contribution in [2.45, 2.75) is 78.7 Å². The molecule has 5 heteroatoms. The average Bonchev–Trinajstić information content (AvgIpc) is 2.83. The molecular weight excluding hydrogens is 428 g/mol. The van der Waals surface area contributed by atoms with Crippen molar-refractivity contribution in [3.8, 4) is 5.75 Å². The van der Waals surface area contributed by atoms with Crippen LogP contribution in [0.1, 0.15) is 72.8 Å². The zero-order valence-corrected chi connectivity index (χ0v) is 20.5. The number of hydrogen-bond acceptors (Lipinski definition) is 2. The topological polar surface area (TPSA) is 41.6 Å². The fourth-order valence-electron chi connectivity index (χ4n) is 5.33. The van der Waals surface area contributed by atoms with Crippen molar-refractivity contribution in [3.05, 3.63) is 28.2 Å². The summed E-state index contributed by atoms with van der Waals surface area (Å²) in [5, 5.41) is 3.11. The molecule has 162 valence electrons. The molecule has 1 saturated carbocycles. The summed E-state index contributed by atoms with van der Waals surface area (Å²) >= 11 is 3.62. The van der Waals surface area contributed by atoms with Gasteiger partial charge in [0.05, 0.1) is 11.1 Å². The average molecular weight is 465 g/mol. The smallest absolute Gasteiger partial charge is 0.317 e. The lowest BCUT2D eigenvalue weighted by Gasteiger charge is -2.39. The third-order valence-electron chi connectivity index (χ3n) is 6.33. The largest absolute Gasteiger partial charge is 0.492 e. The van der Waals surface area contributed by atoms with Gasteiger partial charge in [-0.25, -0.2) is 4.79 Å². The minimum Gasteiger partial charge on any atom is -0.492 e. The van der Waals surface area contributed by atoms with E-state index in [0.717, 1.165) is 36.0 Å². The van der Waals surface area contributed by atoms with Gasteiger partial charge in [-0.1, -0.05) is 47.6 Å². The van der Waals surface area contributed by atoms with Gasteiger partial charge in [0.25, 0.3) is 0 Å². The molecule has 29 heavy (non-hydrogen) atoms. The number of amides is 2. The number of ether oxygens (including phenoxy) is 1. The fraction of sp³-hybridized carbons (Fsp3) is 0.708. The standard InChI is InChI=1S/C24H37BrN2O2/c1-22(2,3)17-8-9-20(19(25)12-17)29-11-7-10-26-21(28)27-16-24(6)14-18(27)13-23(4,5)15-24/h8-9,12,18H,7,10-11,13-16H2,1-6H3,(H,26,28). The lowest BCUT2D eigenvalue weighted by Crippen LogP contribution is -2.44. The first-order chi connectivity index (χ1) is 13.4. The molecule has 3 rings (SSSR count). The first-order valence-corrected chi connectivity index (χ1v) is 11.7. The van der Waals surface area contributed by atoms with Crippen molar-refractivity contribution in [2.75, 3.05) is 19.7 Å². The maximum absolute atomic E-state index is 12.7. The van der Waals surface area contributed by atoms with Crippen LogP contribution in [0.5, 0.6) is 5.75 Å². The number of nitrogens with one attached hydrogen (secondary N) is 1. The summed E-state index contributed by atoms with van der Waals surface area (Å²) in [5.41, 5.74) is 2.00. The zero-order chi connectivity index (χ0) is 21.4. The van der Waals surface area contributed by atoms with Gasteiger partial charge in [0.15, 0.2) is 0 Å². The molecule has 4 nitrogen and oxygen atoms in total. The van der Waals surface area contributed by atoms with Gasteiger partial charge in [-0.05, 0) is 75.6 Å². The van der Waals surface area contributed by atoms with E-state index in [-0.39, 0.29) is 16.9 Å². The number of likely N-dealkylation sites (tertiary alicyclic amines) is 1. The number of halogens is 1. The van der Waals surface area contributed by atoms with Crippen LogP contribution in [0.15, 0.2) is 22.7 Å². The monoisotopic (exact) mass is 464 g/mol. The maximum Gasteiger partial charge on any atom is 0.317 e. The van der Waals surface area contributed by atoms with Crippen LogP contribution in [0.2, 0.25) is 0 Å². The van der Waals surface area contributed by atoms with E-state index in [1.807, 2.05) is 6.07 Å². The number of carbonyl (C=O) groups excluding carboxylic acids is 1. The highest BCUT2D eigenvalue weighted by atomic mass is 79.9. The molecule has 0 radical (unpaired) electrons. The summed E-state index contributed by atoms with van der Waals surface area (Å²) in [7, 11) is 0. The Balaban J connectivity index is 1.43. The molecule has 1 aliphatic heterocycles. The first kappa shape index (κ1) is 22.5. The molecule has 1 aliphatic carbocycles. The van der Waals surface area contributed by atoms with E-state index in [4.69, 9.17) is 4.74 Å². The highest BCUT2D eigenvalue weighted by Crippen LogP contribution is 2.52. The minimum atomic E-state index is 0.0899. The van der Waals surface area contributed by atoms with Crippen LogP contribution < -0.4 is 10.1 Å². The Kier molecular flexibility index (Phi) is 6.29. The van der Waals surface area contributed by atoms with Crippen molar-refractivity contribution >= 4 is 22.0 Å². The number of rotatable bonds is 5. The van der Waals surface area contributed by atoms with E-state index < -0.39 is 0 Å². The van der Waals surface area contributed by atoms with Crippen molar-refractivity contribution in [1.82, 2.24) is 10.2 Å². The molecule has 1 heterocycles. The molecule has 2 atom stereocenters. The molecule has 1 aromatic rings. The highest BCUT2D eigenvalue weighted by Gasteiger charge is 2.50. The number of carbonyl (C=O) groups is 1. The van der Waals surface area contributed by atoms with Gasteiger partial charge >= 0.3 is 6.03 Å². The molecule has 1 saturated heterocycles. The molecule has 2 fully saturated rings. The van der Waals surface area contributed by atoms with Crippen molar-refractivity contribution in [2.24, 2.45) is 10.8 Å². The highest BCUT2D eigenvalue weighted by molar-refractivity contribution is 9.10. The van der Waals surface area contributed by atoms with Crippen LogP contribution in [0.3, 0.4) is 0 Å². The van der Waals surface area contributed by atoms with Gasteiger partial charge < -0.3 is 15.0 Å². The Morgan fingerprint density at radius 1 is 1.28 bits per heavy atom. The van der Waals surface area contributed by atoms with E-state index >= 15 is 0 Å². The summed E-state index contributed by atoms with van der Waals surface area (Å²) in [6, 6.07) is 6.75. The Labute approximate surface area is 184 Å². The van der Waals surface area contributed by atoms with Crippen molar-refractivity contribution in [1.29, 1.82) is 0 Å². The van der Waals surface area contributed by atoms with Crippen LogP contribution in [0.4, 0.5) is 4.79 Å². The van der Waals surface area contributed by atoms with Gasteiger partial charge in [0, 0.05) is 19.1 Å². The molecule has 2 amide bonds. The number of hydrogen-bond donors (Lipinski definition) is 1. The Morgan fingerprint density at radius 2 is 2.00 bits per heavy atom. The second kappa shape index (κ2) is 8.13. The summed E-state index contributed by atoms with van der Waals surface area (Å²) < 4.78 is 6.89. The van der Waals surface area contributed by atoms with E-state index in [2.05, 4.69) is 79.8 Å². The van der Waals surface area contributed by atoms with Crippen molar-refractivity contribution in [3.63, 3.8) is 0 Å². The molecule has 1 N–H and O–H groups in total. The van der Waals surface area contributed by atoms with Crippen LogP contribution in [-0.2, 0) is 5.41 Å². The third kappa shape index (κ3) is 5.48. The van der Waals surface area contributed by atoms with Crippen LogP contribution in [0, 0.1) is 10.8 Å². The number of urea groups is 1. The second-order valence-corrected chi connectivity index (χ2v) is 12.0. The molecule has 2 aliphatic rings. The maximum atomic E-state index is 12.7. The molecule has 2 bridgehead atoms. The predicted octanol–water partition coefficient (Wildman–Crippen LogP) is 6.13. The molecule has 0 aromatic heterocycles. The van der Waals surface area contributed by atoms with Gasteiger partial charge in [0.2, 0.25) is 0 Å². The predicted molar refractivity (Wildman–Crippen MR) is 123 cm³/mol. The molecule has 2 unspecified atom stereocenters. The van der Waals surface area contributed by atoms with Crippen molar-refractivity contribution < 1.29 is 9.53 Å². The Morgan fingerprint density at radius 3 is 2.66 bits per heavy atom. The van der Waals surface area contributed by atoms with Gasteiger partial charge in [0.1, 0.15) is 5.75 Å². The third-order valence-corrected chi connectivity index (χ3v) is 6.95. The summed E-state index contributed by atoms with van der Waals surface area (Å²) in [4.78, 5) is 14.8. The number of benzene rings is 1. The number of nitrogens with zero attached hydrogens (tertiary/aromatic N) is 1. The lowest BCUT2D eigenvalue weighted by molar-refractivity contribution is 0.129. The van der Waals surface area contributed by atoms with Crippen LogP contribution >= 0.6 is 15.9 Å². The van der Waals surface area contributed by atoms with Gasteiger partial charge in [-0.3, -0.25) is 0 Å². The van der Waals surface area contributed by atoms with E-state index in [9.17, 15) is 4.79 Å². The SMILES string of the molecule is CC1(C)CC2CC(C)(CN2C(=O)NCCCOc2ccc(C(C)(C)C)cc2Br)C1. The minimum absolute atomic E-state index is 0.0899. The van der Waals surface area contributed by atoms with E-state index in [1.54, 1.807) is 0 Å². The zero-order valence-electron chi connectivity index (χ0n) is 18.9. The molecular formula is C24H37BrN2O2. The molecule has 0 spiro atoms. The first-order valence-electron chi connectivity index (χ1n) is 10.9. The quantitative estimate of drug-likeness (QED) is 0.532. The molecule has 1 aromatic carbocycles. The van der Waals surface area contributed by atoms with Gasteiger partial charge in [-0.15, -0.1) is 0 Å². The summed E-state index contributed by atoms with van der Waals surface area (Å²) in [6.45, 7) is 15.7. The normalized spacial score (nSPS) is 25.8. The fourth-order valence-corrected chi connectivity index (χ4v) is 5.83. The van der Waals surface area contributed by atoms with Crippen LogP contribution in [0.25, 0.3) is 0 Å². The van der Waals surface area contributed by atoms with E-state index in [1.165, 1.54) is 12.0 Å². The summed E-state index contributed by atoms with van der Waals surface area (Å²) in [5.74, 6) is 0.854. The van der Waals surface area contributed by atoms with E-state index in [0.29, 0.717) is 24.6 Å². The summed E-state index contributed by atoms with van der Waals surface area (Å²) in [6.07, 6.45) is 4.25. The van der Waals surface area contributed by atoms with Gasteiger partial charge in [-0.2, -0.15) is 0 Å².